The first-order valence-electron chi connectivity index (χ1n) is 3.63. The Kier molecular flexibility index (Phi) is 2.34. The summed E-state index contributed by atoms with van der Waals surface area (Å²) in [7, 11) is 0. The molecule has 0 bridgehead atoms. The van der Waals surface area contributed by atoms with Crippen LogP contribution in [0.5, 0.6) is 0 Å². The van der Waals surface area contributed by atoms with Crippen molar-refractivity contribution in [2.24, 2.45) is 5.73 Å². The number of carbonyl (C=O) groups is 1. The summed E-state index contributed by atoms with van der Waals surface area (Å²) in [5.74, 6) is -0.543. The number of fused-ring (bicyclic) bond motifs is 1. The van der Waals surface area contributed by atoms with E-state index < -0.39 is 5.91 Å². The Morgan fingerprint density at radius 3 is 2.64 bits per heavy atom. The van der Waals surface area contributed by atoms with Crippen molar-refractivity contribution in [3.63, 3.8) is 0 Å². The van der Waals surface area contributed by atoms with Crippen molar-refractivity contribution >= 4 is 50.7 Å². The Morgan fingerprint density at radius 1 is 1.36 bits per heavy atom. The number of thiazole rings is 1. The molecule has 1 amide bonds. The van der Waals surface area contributed by atoms with E-state index in [0.29, 0.717) is 15.6 Å². The molecule has 72 valence electrons. The van der Waals surface area contributed by atoms with Gasteiger partial charge in [-0.05, 0) is 12.1 Å². The molecule has 0 unspecified atom stereocenters. The summed E-state index contributed by atoms with van der Waals surface area (Å²) in [6, 6.07) is 3.28. The minimum atomic E-state index is -0.543. The Balaban J connectivity index is 2.72. The summed E-state index contributed by atoms with van der Waals surface area (Å²) in [6.45, 7) is 0. The van der Waals surface area contributed by atoms with E-state index in [1.807, 2.05) is 0 Å². The molecule has 3 nitrogen and oxygen atoms in total. The molecule has 0 radical (unpaired) electrons. The minimum absolute atomic E-state index is 0.262. The van der Waals surface area contributed by atoms with Crippen LogP contribution >= 0.6 is 34.5 Å². The van der Waals surface area contributed by atoms with Crippen LogP contribution in [-0.2, 0) is 0 Å². The summed E-state index contributed by atoms with van der Waals surface area (Å²) in [5.41, 5.74) is 5.73. The first-order chi connectivity index (χ1) is 6.58. The maximum atomic E-state index is 10.8. The van der Waals surface area contributed by atoms with Crippen molar-refractivity contribution in [3.05, 3.63) is 27.2 Å². The first kappa shape index (κ1) is 9.71. The summed E-state index contributed by atoms with van der Waals surface area (Å²) < 4.78 is 0.799. The zero-order valence-corrected chi connectivity index (χ0v) is 9.08. The highest BCUT2D eigenvalue weighted by atomic mass is 35.5. The number of nitrogens with two attached hydrogens (primary N) is 1. The Labute approximate surface area is 93.4 Å². The molecule has 2 N–H and O–H groups in total. The quantitative estimate of drug-likeness (QED) is 0.842. The smallest absolute Gasteiger partial charge is 0.277 e. The highest BCUT2D eigenvalue weighted by molar-refractivity contribution is 7.20. The number of rotatable bonds is 1. The molecule has 2 aromatic rings. The van der Waals surface area contributed by atoms with Gasteiger partial charge in [0, 0.05) is 0 Å². The second-order valence-electron chi connectivity index (χ2n) is 2.62. The van der Waals surface area contributed by atoms with Gasteiger partial charge in [-0.1, -0.05) is 23.2 Å². The third-order valence-electron chi connectivity index (χ3n) is 1.64. The lowest BCUT2D eigenvalue weighted by Crippen LogP contribution is -2.09. The van der Waals surface area contributed by atoms with Crippen LogP contribution in [0.1, 0.15) is 9.80 Å². The molecule has 0 atom stereocenters. The number of carbonyl (C=O) groups excluding carboxylic acids is 1. The van der Waals surface area contributed by atoms with E-state index >= 15 is 0 Å². The zero-order chi connectivity index (χ0) is 10.3. The van der Waals surface area contributed by atoms with E-state index in [4.69, 9.17) is 28.9 Å². The van der Waals surface area contributed by atoms with Gasteiger partial charge < -0.3 is 5.73 Å². The van der Waals surface area contributed by atoms with E-state index in [1.165, 1.54) is 11.3 Å². The van der Waals surface area contributed by atoms with Crippen molar-refractivity contribution in [1.82, 2.24) is 4.98 Å². The van der Waals surface area contributed by atoms with Crippen LogP contribution < -0.4 is 5.73 Å². The average molecular weight is 247 g/mol. The minimum Gasteiger partial charge on any atom is -0.364 e. The number of aromatic nitrogens is 1. The molecule has 0 spiro atoms. The number of benzene rings is 1. The van der Waals surface area contributed by atoms with Crippen LogP contribution in [0.15, 0.2) is 12.1 Å². The van der Waals surface area contributed by atoms with Gasteiger partial charge in [0.15, 0.2) is 5.01 Å². The monoisotopic (exact) mass is 246 g/mol. The SMILES string of the molecule is NC(=O)c1nc2cc(Cl)c(Cl)cc2s1. The van der Waals surface area contributed by atoms with E-state index in [9.17, 15) is 4.79 Å². The lowest BCUT2D eigenvalue weighted by molar-refractivity contribution is 0.1000. The van der Waals surface area contributed by atoms with Crippen LogP contribution in [0.3, 0.4) is 0 Å². The van der Waals surface area contributed by atoms with Crippen molar-refractivity contribution in [3.8, 4) is 0 Å². The molecule has 1 heterocycles. The van der Waals surface area contributed by atoms with Crippen LogP contribution in [0, 0.1) is 0 Å². The van der Waals surface area contributed by atoms with Gasteiger partial charge in [-0.25, -0.2) is 4.98 Å². The van der Waals surface area contributed by atoms with Gasteiger partial charge in [0.05, 0.1) is 20.3 Å². The molecule has 0 aliphatic carbocycles. The molecule has 1 aromatic heterocycles. The van der Waals surface area contributed by atoms with Crippen molar-refractivity contribution in [1.29, 1.82) is 0 Å². The van der Waals surface area contributed by atoms with Crippen LogP contribution in [0.25, 0.3) is 10.2 Å². The number of hydrogen-bond donors (Lipinski definition) is 1. The molecule has 0 saturated carbocycles. The molecule has 14 heavy (non-hydrogen) atoms. The highest BCUT2D eigenvalue weighted by Gasteiger charge is 2.10. The van der Waals surface area contributed by atoms with Gasteiger partial charge in [-0.3, -0.25) is 4.79 Å². The lowest BCUT2D eigenvalue weighted by Gasteiger charge is -1.92. The van der Waals surface area contributed by atoms with Crippen LogP contribution in [0.2, 0.25) is 10.0 Å². The fraction of sp³-hybridized carbons (Fsp3) is 0. The van der Waals surface area contributed by atoms with E-state index in [0.717, 1.165) is 4.70 Å². The Morgan fingerprint density at radius 2 is 2.00 bits per heavy atom. The summed E-state index contributed by atoms with van der Waals surface area (Å²) >= 11 is 12.8. The molecule has 0 fully saturated rings. The van der Waals surface area contributed by atoms with Crippen molar-refractivity contribution in [2.45, 2.75) is 0 Å². The van der Waals surface area contributed by atoms with Gasteiger partial charge in [0.25, 0.3) is 5.91 Å². The normalized spacial score (nSPS) is 10.7. The van der Waals surface area contributed by atoms with Gasteiger partial charge in [-0.2, -0.15) is 0 Å². The topological polar surface area (TPSA) is 56.0 Å². The number of amides is 1. The number of primary amides is 1. The summed E-state index contributed by atoms with van der Waals surface area (Å²) in [5, 5.41) is 1.12. The Bertz CT molecular complexity index is 484. The maximum absolute atomic E-state index is 10.8. The Hall–Kier alpha value is -0.840. The fourth-order valence-corrected chi connectivity index (χ4v) is 2.25. The molecule has 6 heteroatoms. The molecular formula is C8H4Cl2N2OS. The van der Waals surface area contributed by atoms with E-state index in [2.05, 4.69) is 4.98 Å². The summed E-state index contributed by atoms with van der Waals surface area (Å²) in [6.07, 6.45) is 0. The van der Waals surface area contributed by atoms with Crippen molar-refractivity contribution in [2.75, 3.05) is 0 Å². The van der Waals surface area contributed by atoms with Crippen LogP contribution in [0.4, 0.5) is 0 Å². The van der Waals surface area contributed by atoms with Gasteiger partial charge in [-0.15, -0.1) is 11.3 Å². The predicted octanol–water partition coefficient (Wildman–Crippen LogP) is 2.70. The maximum Gasteiger partial charge on any atom is 0.277 e. The lowest BCUT2D eigenvalue weighted by atomic mass is 10.3. The van der Waals surface area contributed by atoms with Crippen molar-refractivity contribution < 1.29 is 4.79 Å². The molecule has 0 aliphatic heterocycles. The van der Waals surface area contributed by atoms with Crippen LogP contribution in [-0.4, -0.2) is 10.9 Å². The van der Waals surface area contributed by atoms with Gasteiger partial charge in [0.2, 0.25) is 0 Å². The number of halogens is 2. The van der Waals surface area contributed by atoms with E-state index in [1.54, 1.807) is 12.1 Å². The molecule has 1 aromatic carbocycles. The third-order valence-corrected chi connectivity index (χ3v) is 3.40. The summed E-state index contributed by atoms with van der Waals surface area (Å²) in [4.78, 5) is 14.9. The largest absolute Gasteiger partial charge is 0.364 e. The molecule has 0 saturated heterocycles. The third kappa shape index (κ3) is 1.56. The number of hydrogen-bond acceptors (Lipinski definition) is 3. The number of nitrogens with zero attached hydrogens (tertiary/aromatic N) is 1. The van der Waals surface area contributed by atoms with Gasteiger partial charge in [0.1, 0.15) is 0 Å². The average Bonchev–Trinajstić information content (AvgIpc) is 2.48. The molecule has 0 aliphatic rings. The zero-order valence-electron chi connectivity index (χ0n) is 6.75. The molecule has 2 rings (SSSR count). The fourth-order valence-electron chi connectivity index (χ4n) is 1.03. The highest BCUT2D eigenvalue weighted by Crippen LogP contribution is 2.30. The standard InChI is InChI=1S/C8H4Cl2N2OS/c9-3-1-5-6(2-4(3)10)14-8(12-5)7(11)13/h1-2H,(H2,11,13). The van der Waals surface area contributed by atoms with Gasteiger partial charge >= 0.3 is 0 Å². The first-order valence-corrected chi connectivity index (χ1v) is 5.20. The van der Waals surface area contributed by atoms with E-state index in [-0.39, 0.29) is 5.01 Å². The predicted molar refractivity (Wildman–Crippen MR) is 58.2 cm³/mol. The second-order valence-corrected chi connectivity index (χ2v) is 4.46. The second kappa shape index (κ2) is 3.38. The molecular weight excluding hydrogens is 243 g/mol.